The zero-order chi connectivity index (χ0) is 16.9. The highest BCUT2D eigenvalue weighted by Gasteiger charge is 2.47. The number of rotatable bonds is 5. The molecule has 0 N–H and O–H groups in total. The third-order valence-corrected chi connectivity index (χ3v) is 7.23. The first-order chi connectivity index (χ1) is 11.7. The summed E-state index contributed by atoms with van der Waals surface area (Å²) in [7, 11) is 0. The molecular weight excluding hydrogens is 322 g/mol. The van der Waals surface area contributed by atoms with Crippen LogP contribution in [0.5, 0.6) is 0 Å². The Bertz CT molecular complexity index is 444. The molecule has 2 atom stereocenters. The van der Waals surface area contributed by atoms with E-state index >= 15 is 0 Å². The van der Waals surface area contributed by atoms with Crippen molar-refractivity contribution in [3.63, 3.8) is 0 Å². The first-order valence-electron chi connectivity index (χ1n) is 9.82. The average molecular weight is 354 g/mol. The zero-order valence-corrected chi connectivity index (χ0v) is 15.7. The number of esters is 1. The van der Waals surface area contributed by atoms with Gasteiger partial charge in [0, 0.05) is 11.7 Å². The van der Waals surface area contributed by atoms with E-state index in [1.54, 1.807) is 0 Å². The van der Waals surface area contributed by atoms with Crippen LogP contribution in [0.1, 0.15) is 71.1 Å². The number of thioether (sulfide) groups is 1. The fourth-order valence-electron chi connectivity index (χ4n) is 4.45. The van der Waals surface area contributed by atoms with Gasteiger partial charge in [0.1, 0.15) is 6.04 Å². The lowest BCUT2D eigenvalue weighted by molar-refractivity contribution is -0.156. The number of hydrogen-bond donors (Lipinski definition) is 0. The van der Waals surface area contributed by atoms with Crippen LogP contribution >= 0.6 is 11.8 Å². The van der Waals surface area contributed by atoms with E-state index in [2.05, 4.69) is 0 Å². The van der Waals surface area contributed by atoms with Gasteiger partial charge in [-0.05, 0) is 38.0 Å². The second-order valence-corrected chi connectivity index (χ2v) is 8.68. The molecule has 2 aliphatic carbocycles. The lowest BCUT2D eigenvalue weighted by Crippen LogP contribution is -2.50. The summed E-state index contributed by atoms with van der Waals surface area (Å²) in [6, 6.07) is -0.360. The van der Waals surface area contributed by atoms with E-state index in [1.807, 2.05) is 23.6 Å². The molecule has 0 aromatic rings. The summed E-state index contributed by atoms with van der Waals surface area (Å²) in [5.41, 5.74) is 0. The van der Waals surface area contributed by atoms with Crippen LogP contribution < -0.4 is 0 Å². The summed E-state index contributed by atoms with van der Waals surface area (Å²) in [4.78, 5) is 27.7. The van der Waals surface area contributed by atoms with Crippen molar-refractivity contribution in [1.82, 2.24) is 4.90 Å². The quantitative estimate of drug-likeness (QED) is 0.701. The van der Waals surface area contributed by atoms with Gasteiger partial charge >= 0.3 is 5.97 Å². The minimum absolute atomic E-state index is 0.135. The third-order valence-electron chi connectivity index (χ3n) is 5.77. The number of hydrogen-bond acceptors (Lipinski definition) is 4. The molecule has 1 amide bonds. The predicted octanol–water partition coefficient (Wildman–Crippen LogP) is 3.98. The maximum Gasteiger partial charge on any atom is 0.329 e. The van der Waals surface area contributed by atoms with Crippen LogP contribution in [0.2, 0.25) is 0 Å². The summed E-state index contributed by atoms with van der Waals surface area (Å²) < 4.78 is 5.41. The minimum atomic E-state index is -0.360. The molecule has 4 nitrogen and oxygen atoms in total. The Morgan fingerprint density at radius 2 is 1.71 bits per heavy atom. The van der Waals surface area contributed by atoms with Crippen LogP contribution in [-0.2, 0) is 14.3 Å². The number of carbonyl (C=O) groups excluding carboxylic acids is 2. The monoisotopic (exact) mass is 353 g/mol. The van der Waals surface area contributed by atoms with E-state index in [-0.39, 0.29) is 29.2 Å². The van der Waals surface area contributed by atoms with Gasteiger partial charge in [0.05, 0.1) is 12.0 Å². The van der Waals surface area contributed by atoms with Crippen molar-refractivity contribution in [1.29, 1.82) is 0 Å². The van der Waals surface area contributed by atoms with Crippen molar-refractivity contribution in [3.05, 3.63) is 0 Å². The molecule has 0 radical (unpaired) electrons. The highest BCUT2D eigenvalue weighted by Crippen LogP contribution is 2.42. The molecule has 0 spiro atoms. The molecule has 24 heavy (non-hydrogen) atoms. The summed E-state index contributed by atoms with van der Waals surface area (Å²) in [5, 5.41) is 0.192. The van der Waals surface area contributed by atoms with Crippen LogP contribution in [-0.4, -0.2) is 40.6 Å². The largest absolute Gasteiger partial charge is 0.464 e. The van der Waals surface area contributed by atoms with Crippen molar-refractivity contribution < 1.29 is 14.3 Å². The Labute approximate surface area is 150 Å². The third kappa shape index (κ3) is 3.92. The SMILES string of the molecule is CCCOC(=O)C1CSC(C2CCCCC2)N1C(=O)C1CCCC1. The fraction of sp³-hybridized carbons (Fsp3) is 0.895. The van der Waals surface area contributed by atoms with Crippen LogP contribution in [0.4, 0.5) is 0 Å². The Kier molecular flexibility index (Phi) is 6.48. The molecular formula is C19H31NO3S. The van der Waals surface area contributed by atoms with Gasteiger partial charge in [-0.15, -0.1) is 11.8 Å². The van der Waals surface area contributed by atoms with Crippen molar-refractivity contribution in [2.24, 2.45) is 11.8 Å². The van der Waals surface area contributed by atoms with Gasteiger partial charge in [-0.1, -0.05) is 39.0 Å². The first kappa shape index (κ1) is 18.1. The van der Waals surface area contributed by atoms with Crippen molar-refractivity contribution >= 4 is 23.6 Å². The minimum Gasteiger partial charge on any atom is -0.464 e. The lowest BCUT2D eigenvalue weighted by Gasteiger charge is -2.36. The average Bonchev–Trinajstić information content (AvgIpc) is 3.29. The van der Waals surface area contributed by atoms with Gasteiger partial charge in [0.2, 0.25) is 5.91 Å². The summed E-state index contributed by atoms with van der Waals surface area (Å²) in [5.74, 6) is 1.44. The topological polar surface area (TPSA) is 46.6 Å². The van der Waals surface area contributed by atoms with E-state index in [4.69, 9.17) is 4.74 Å². The van der Waals surface area contributed by atoms with Crippen LogP contribution in [0.3, 0.4) is 0 Å². The molecule has 1 aliphatic heterocycles. The lowest BCUT2D eigenvalue weighted by atomic mass is 9.88. The van der Waals surface area contributed by atoms with E-state index in [0.717, 1.165) is 32.1 Å². The van der Waals surface area contributed by atoms with Crippen LogP contribution in [0.15, 0.2) is 0 Å². The normalized spacial score (nSPS) is 29.1. The molecule has 2 unspecified atom stereocenters. The summed E-state index contributed by atoms with van der Waals surface area (Å²) in [6.07, 6.45) is 11.3. The molecule has 1 saturated heterocycles. The van der Waals surface area contributed by atoms with E-state index < -0.39 is 0 Å². The fourth-order valence-corrected chi connectivity index (χ4v) is 6.09. The van der Waals surface area contributed by atoms with Gasteiger partial charge in [-0.2, -0.15) is 0 Å². The van der Waals surface area contributed by atoms with Crippen molar-refractivity contribution in [2.75, 3.05) is 12.4 Å². The maximum atomic E-state index is 13.2. The molecule has 0 aromatic heterocycles. The van der Waals surface area contributed by atoms with Gasteiger partial charge in [-0.3, -0.25) is 4.79 Å². The number of nitrogens with zero attached hydrogens (tertiary/aromatic N) is 1. The van der Waals surface area contributed by atoms with Crippen LogP contribution in [0, 0.1) is 11.8 Å². The molecule has 136 valence electrons. The number of ether oxygens (including phenoxy) is 1. The Morgan fingerprint density at radius 1 is 1.04 bits per heavy atom. The highest BCUT2D eigenvalue weighted by atomic mass is 32.2. The second kappa shape index (κ2) is 8.59. The smallest absolute Gasteiger partial charge is 0.329 e. The molecule has 3 aliphatic rings. The van der Waals surface area contributed by atoms with Crippen LogP contribution in [0.25, 0.3) is 0 Å². The zero-order valence-electron chi connectivity index (χ0n) is 14.9. The van der Waals surface area contributed by atoms with E-state index in [0.29, 0.717) is 18.3 Å². The van der Waals surface area contributed by atoms with E-state index in [1.165, 1.54) is 32.1 Å². The van der Waals surface area contributed by atoms with Crippen molar-refractivity contribution in [3.8, 4) is 0 Å². The van der Waals surface area contributed by atoms with Gasteiger partial charge in [-0.25, -0.2) is 4.79 Å². The van der Waals surface area contributed by atoms with Gasteiger partial charge in [0.25, 0.3) is 0 Å². The number of amides is 1. The number of carbonyl (C=O) groups is 2. The Morgan fingerprint density at radius 3 is 2.38 bits per heavy atom. The van der Waals surface area contributed by atoms with Gasteiger partial charge in [0.15, 0.2) is 0 Å². The predicted molar refractivity (Wildman–Crippen MR) is 96.7 cm³/mol. The molecule has 2 saturated carbocycles. The second-order valence-electron chi connectivity index (χ2n) is 7.53. The standard InChI is InChI=1S/C19H31NO3S/c1-2-12-23-19(22)16-13-24-18(15-10-4-3-5-11-15)20(16)17(21)14-8-6-7-9-14/h14-16,18H,2-13H2,1H3. The molecule has 0 bridgehead atoms. The summed E-state index contributed by atoms with van der Waals surface area (Å²) in [6.45, 7) is 2.46. The highest BCUT2D eigenvalue weighted by molar-refractivity contribution is 8.00. The molecule has 3 fully saturated rings. The van der Waals surface area contributed by atoms with Gasteiger partial charge < -0.3 is 9.64 Å². The maximum absolute atomic E-state index is 13.2. The molecule has 3 rings (SSSR count). The Balaban J connectivity index is 1.75. The Hall–Kier alpha value is -0.710. The molecule has 1 heterocycles. The summed E-state index contributed by atoms with van der Waals surface area (Å²) >= 11 is 1.82. The molecule has 0 aromatic carbocycles. The first-order valence-corrected chi connectivity index (χ1v) is 10.9. The van der Waals surface area contributed by atoms with Crippen molar-refractivity contribution in [2.45, 2.75) is 82.5 Å². The molecule has 5 heteroatoms. The van der Waals surface area contributed by atoms with E-state index in [9.17, 15) is 9.59 Å².